The van der Waals surface area contributed by atoms with Crippen LogP contribution in [0.25, 0.3) is 12.2 Å². The number of nitrogens with two attached hydrogens (primary N) is 1. The molecule has 0 aromatic heterocycles. The van der Waals surface area contributed by atoms with Crippen molar-refractivity contribution < 1.29 is 13.5 Å². The summed E-state index contributed by atoms with van der Waals surface area (Å²) >= 11 is 0. The summed E-state index contributed by atoms with van der Waals surface area (Å²) in [5.74, 6) is -0.720. The van der Waals surface area contributed by atoms with Crippen LogP contribution >= 0.6 is 0 Å². The molecular formula is C16H15F2NO. The molecule has 0 atom stereocenters. The van der Waals surface area contributed by atoms with Gasteiger partial charge >= 0.3 is 0 Å². The second-order valence-corrected chi connectivity index (χ2v) is 4.23. The fourth-order valence-electron chi connectivity index (χ4n) is 1.73. The van der Waals surface area contributed by atoms with Gasteiger partial charge in [0.05, 0.1) is 6.61 Å². The minimum absolute atomic E-state index is 0.420. The van der Waals surface area contributed by atoms with Crippen molar-refractivity contribution in [1.29, 1.82) is 0 Å². The van der Waals surface area contributed by atoms with Gasteiger partial charge in [-0.05, 0) is 42.3 Å². The molecule has 0 saturated carbocycles. The quantitative estimate of drug-likeness (QED) is 0.673. The first-order chi connectivity index (χ1) is 9.60. The summed E-state index contributed by atoms with van der Waals surface area (Å²) in [5.41, 5.74) is 6.09. The van der Waals surface area contributed by atoms with E-state index >= 15 is 0 Å². The largest absolute Gasteiger partial charge is 0.494 e. The molecule has 0 bridgehead atoms. The van der Waals surface area contributed by atoms with Crippen LogP contribution in [0.15, 0.2) is 36.4 Å². The molecule has 2 rings (SSSR count). The average molecular weight is 275 g/mol. The van der Waals surface area contributed by atoms with E-state index in [4.69, 9.17) is 10.5 Å². The first-order valence-corrected chi connectivity index (χ1v) is 6.25. The van der Waals surface area contributed by atoms with Gasteiger partial charge in [0.2, 0.25) is 0 Å². The number of hydrogen-bond donors (Lipinski definition) is 1. The van der Waals surface area contributed by atoms with E-state index in [0.29, 0.717) is 12.2 Å². The molecule has 0 fully saturated rings. The Bertz CT molecular complexity index is 598. The molecule has 2 aromatic carbocycles. The number of hydrogen-bond acceptors (Lipinski definition) is 2. The lowest BCUT2D eigenvalue weighted by atomic mass is 10.1. The molecule has 104 valence electrons. The van der Waals surface area contributed by atoms with Gasteiger partial charge in [0.15, 0.2) is 0 Å². The minimum Gasteiger partial charge on any atom is -0.494 e. The van der Waals surface area contributed by atoms with Crippen LogP contribution in [0.4, 0.5) is 14.5 Å². The van der Waals surface area contributed by atoms with Gasteiger partial charge in [-0.15, -0.1) is 0 Å². The van der Waals surface area contributed by atoms with Crippen LogP contribution < -0.4 is 10.5 Å². The molecule has 2 N–H and O–H groups in total. The van der Waals surface area contributed by atoms with Crippen LogP contribution in [0.1, 0.15) is 18.1 Å². The van der Waals surface area contributed by atoms with Crippen LogP contribution in [0.3, 0.4) is 0 Å². The molecule has 4 heteroatoms. The summed E-state index contributed by atoms with van der Waals surface area (Å²) < 4.78 is 31.9. The van der Waals surface area contributed by atoms with E-state index in [1.165, 1.54) is 12.1 Å². The van der Waals surface area contributed by atoms with E-state index in [1.807, 2.05) is 31.2 Å². The van der Waals surface area contributed by atoms with Crippen LogP contribution in [0, 0.1) is 11.6 Å². The predicted octanol–water partition coefficient (Wildman–Crippen LogP) is 4.12. The van der Waals surface area contributed by atoms with E-state index in [9.17, 15) is 8.78 Å². The lowest BCUT2D eigenvalue weighted by Crippen LogP contribution is -1.95. The van der Waals surface area contributed by atoms with Gasteiger partial charge in [-0.2, -0.15) is 0 Å². The van der Waals surface area contributed by atoms with Crippen molar-refractivity contribution in [2.24, 2.45) is 0 Å². The molecule has 0 amide bonds. The molecule has 0 heterocycles. The van der Waals surface area contributed by atoms with Crippen molar-refractivity contribution in [3.63, 3.8) is 0 Å². The highest BCUT2D eigenvalue weighted by Crippen LogP contribution is 2.19. The topological polar surface area (TPSA) is 35.2 Å². The number of anilines is 1. The van der Waals surface area contributed by atoms with E-state index < -0.39 is 17.3 Å². The maximum absolute atomic E-state index is 13.3. The van der Waals surface area contributed by atoms with E-state index in [-0.39, 0.29) is 0 Å². The monoisotopic (exact) mass is 275 g/mol. The van der Waals surface area contributed by atoms with Crippen LogP contribution in [-0.4, -0.2) is 6.61 Å². The molecule has 0 aliphatic carbocycles. The zero-order valence-electron chi connectivity index (χ0n) is 11.1. The molecule has 0 saturated heterocycles. The summed E-state index contributed by atoms with van der Waals surface area (Å²) in [6.07, 6.45) is 3.39. The molecule has 2 aromatic rings. The Labute approximate surface area is 116 Å². The normalized spacial score (nSPS) is 10.9. The highest BCUT2D eigenvalue weighted by Gasteiger charge is 2.05. The zero-order valence-corrected chi connectivity index (χ0v) is 11.1. The molecular weight excluding hydrogens is 260 g/mol. The molecule has 0 aliphatic heterocycles. The predicted molar refractivity (Wildman–Crippen MR) is 77.3 cm³/mol. The Morgan fingerprint density at radius 1 is 1.00 bits per heavy atom. The van der Waals surface area contributed by atoms with Gasteiger partial charge in [0.25, 0.3) is 0 Å². The summed E-state index contributed by atoms with van der Waals surface area (Å²) in [6.45, 7) is 2.52. The lowest BCUT2D eigenvalue weighted by molar-refractivity contribution is 0.340. The summed E-state index contributed by atoms with van der Waals surface area (Å²) in [4.78, 5) is 0. The number of rotatable bonds is 4. The third-order valence-electron chi connectivity index (χ3n) is 2.76. The van der Waals surface area contributed by atoms with Crippen molar-refractivity contribution in [2.45, 2.75) is 6.92 Å². The lowest BCUT2D eigenvalue weighted by Gasteiger charge is -2.03. The van der Waals surface area contributed by atoms with Gasteiger partial charge in [0, 0.05) is 0 Å². The second kappa shape index (κ2) is 6.19. The van der Waals surface area contributed by atoms with Crippen LogP contribution in [0.5, 0.6) is 5.75 Å². The third kappa shape index (κ3) is 3.35. The first kappa shape index (κ1) is 14.1. The van der Waals surface area contributed by atoms with Crippen LogP contribution in [0.2, 0.25) is 0 Å². The zero-order chi connectivity index (χ0) is 14.5. The average Bonchev–Trinajstić information content (AvgIpc) is 2.44. The van der Waals surface area contributed by atoms with Crippen molar-refractivity contribution in [2.75, 3.05) is 12.3 Å². The highest BCUT2D eigenvalue weighted by molar-refractivity contribution is 5.70. The second-order valence-electron chi connectivity index (χ2n) is 4.23. The molecule has 0 radical (unpaired) electrons. The molecule has 2 nitrogen and oxygen atoms in total. The number of halogens is 2. The van der Waals surface area contributed by atoms with Gasteiger partial charge in [-0.3, -0.25) is 0 Å². The summed E-state index contributed by atoms with van der Waals surface area (Å²) in [6, 6.07) is 9.81. The maximum Gasteiger partial charge on any atom is 0.149 e. The first-order valence-electron chi connectivity index (χ1n) is 6.25. The van der Waals surface area contributed by atoms with Gasteiger partial charge in [-0.1, -0.05) is 24.3 Å². The molecule has 0 unspecified atom stereocenters. The smallest absolute Gasteiger partial charge is 0.149 e. The summed E-state index contributed by atoms with van der Waals surface area (Å²) in [5, 5.41) is 0. The minimum atomic E-state index is -0.753. The summed E-state index contributed by atoms with van der Waals surface area (Å²) in [7, 11) is 0. The van der Waals surface area contributed by atoms with Crippen LogP contribution in [-0.2, 0) is 0 Å². The Morgan fingerprint density at radius 2 is 1.55 bits per heavy atom. The van der Waals surface area contributed by atoms with E-state index in [2.05, 4.69) is 0 Å². The number of nitrogen functional groups attached to an aromatic ring is 1. The van der Waals surface area contributed by atoms with E-state index in [0.717, 1.165) is 11.3 Å². The molecule has 20 heavy (non-hydrogen) atoms. The fraction of sp³-hybridized carbons (Fsp3) is 0.125. The Kier molecular flexibility index (Phi) is 4.35. The van der Waals surface area contributed by atoms with Crippen molar-refractivity contribution in [3.05, 3.63) is 59.2 Å². The van der Waals surface area contributed by atoms with E-state index in [1.54, 1.807) is 12.2 Å². The SMILES string of the molecule is CCOc1ccc(/C=C/c2cc(F)c(N)c(F)c2)cc1. The van der Waals surface area contributed by atoms with Crippen molar-refractivity contribution in [3.8, 4) is 5.75 Å². The van der Waals surface area contributed by atoms with Gasteiger partial charge < -0.3 is 10.5 Å². The van der Waals surface area contributed by atoms with Crippen molar-refractivity contribution >= 4 is 17.8 Å². The Hall–Kier alpha value is -2.36. The number of ether oxygens (including phenoxy) is 1. The Morgan fingerprint density at radius 3 is 2.10 bits per heavy atom. The van der Waals surface area contributed by atoms with Gasteiger partial charge in [-0.25, -0.2) is 8.78 Å². The standard InChI is InChI=1S/C16H15F2NO/c1-2-20-13-7-5-11(6-8-13)3-4-12-9-14(17)16(19)15(18)10-12/h3-10H,2,19H2,1H3/b4-3+. The third-order valence-corrected chi connectivity index (χ3v) is 2.76. The highest BCUT2D eigenvalue weighted by atomic mass is 19.1. The molecule has 0 aliphatic rings. The number of benzene rings is 2. The van der Waals surface area contributed by atoms with Gasteiger partial charge in [0.1, 0.15) is 23.1 Å². The molecule has 0 spiro atoms. The maximum atomic E-state index is 13.3. The Balaban J connectivity index is 2.16. The van der Waals surface area contributed by atoms with Crippen molar-refractivity contribution in [1.82, 2.24) is 0 Å². The fourth-order valence-corrected chi connectivity index (χ4v) is 1.73.